The van der Waals surface area contributed by atoms with E-state index in [2.05, 4.69) is 34.3 Å². The number of esters is 1. The van der Waals surface area contributed by atoms with Gasteiger partial charge in [-0.05, 0) is 37.8 Å². The van der Waals surface area contributed by atoms with Crippen LogP contribution in [0.3, 0.4) is 0 Å². The van der Waals surface area contributed by atoms with Gasteiger partial charge in [0.25, 0.3) is 0 Å². The number of pyridine rings is 1. The normalized spacial score (nSPS) is 17.3. The van der Waals surface area contributed by atoms with Gasteiger partial charge >= 0.3 is 5.97 Å². The Morgan fingerprint density at radius 1 is 1.42 bits per heavy atom. The zero-order chi connectivity index (χ0) is 17.1. The quantitative estimate of drug-likeness (QED) is 0.782. The molecule has 128 valence electrons. The highest BCUT2D eigenvalue weighted by Crippen LogP contribution is 2.23. The maximum absolute atomic E-state index is 11.6. The molecule has 3 rings (SSSR count). The van der Waals surface area contributed by atoms with Crippen LogP contribution >= 0.6 is 0 Å². The summed E-state index contributed by atoms with van der Waals surface area (Å²) in [6, 6.07) is 4.13. The van der Waals surface area contributed by atoms with E-state index in [1.54, 1.807) is 17.8 Å². The van der Waals surface area contributed by atoms with Crippen molar-refractivity contribution in [3.63, 3.8) is 0 Å². The van der Waals surface area contributed by atoms with Crippen LogP contribution in [0.15, 0.2) is 18.3 Å². The molecule has 24 heavy (non-hydrogen) atoms. The van der Waals surface area contributed by atoms with Gasteiger partial charge in [0, 0.05) is 18.8 Å². The van der Waals surface area contributed by atoms with E-state index in [1.807, 2.05) is 6.92 Å². The van der Waals surface area contributed by atoms with E-state index >= 15 is 0 Å². The van der Waals surface area contributed by atoms with Crippen LogP contribution in [0, 0.1) is 12.8 Å². The summed E-state index contributed by atoms with van der Waals surface area (Å²) in [4.78, 5) is 18.7. The predicted molar refractivity (Wildman–Crippen MR) is 90.0 cm³/mol. The fraction of sp³-hybridized carbons (Fsp3) is 0.529. The fourth-order valence-corrected chi connectivity index (χ4v) is 2.91. The summed E-state index contributed by atoms with van der Waals surface area (Å²) < 4.78 is 6.56. The molecule has 0 amide bonds. The van der Waals surface area contributed by atoms with Crippen molar-refractivity contribution < 1.29 is 9.53 Å². The molecule has 1 atom stereocenters. The molecule has 1 unspecified atom stereocenters. The lowest BCUT2D eigenvalue weighted by Crippen LogP contribution is -2.20. The minimum atomic E-state index is -0.447. The van der Waals surface area contributed by atoms with Gasteiger partial charge in [-0.15, -0.1) is 5.10 Å². The minimum absolute atomic E-state index is 0.227. The van der Waals surface area contributed by atoms with Crippen molar-refractivity contribution in [3.05, 3.63) is 35.3 Å². The molecular weight excluding hydrogens is 306 g/mol. The van der Waals surface area contributed by atoms with Crippen molar-refractivity contribution in [3.8, 4) is 0 Å². The zero-order valence-corrected chi connectivity index (χ0v) is 14.4. The van der Waals surface area contributed by atoms with Crippen LogP contribution in [0.1, 0.15) is 42.0 Å². The van der Waals surface area contributed by atoms with E-state index in [1.165, 1.54) is 6.42 Å². The van der Waals surface area contributed by atoms with Crippen LogP contribution in [-0.4, -0.2) is 45.6 Å². The van der Waals surface area contributed by atoms with Crippen molar-refractivity contribution in [1.29, 1.82) is 0 Å². The number of aromatic nitrogens is 4. The second-order valence-electron chi connectivity index (χ2n) is 6.28. The summed E-state index contributed by atoms with van der Waals surface area (Å²) in [6.07, 6.45) is 2.82. The van der Waals surface area contributed by atoms with Crippen LogP contribution in [-0.2, 0) is 11.3 Å². The number of hydrogen-bond donors (Lipinski definition) is 0. The number of carbonyl (C=O) groups is 1. The highest BCUT2D eigenvalue weighted by molar-refractivity contribution is 5.86. The maximum Gasteiger partial charge on any atom is 0.360 e. The third kappa shape index (κ3) is 3.55. The first kappa shape index (κ1) is 16.4. The Bertz CT molecular complexity index is 728. The van der Waals surface area contributed by atoms with Crippen molar-refractivity contribution in [2.75, 3.05) is 24.6 Å². The van der Waals surface area contributed by atoms with Crippen LogP contribution < -0.4 is 4.90 Å². The first-order valence-electron chi connectivity index (χ1n) is 8.35. The number of nitrogens with zero attached hydrogens (tertiary/aromatic N) is 5. The first-order chi connectivity index (χ1) is 11.6. The lowest BCUT2D eigenvalue weighted by molar-refractivity contribution is 0.0519. The Kier molecular flexibility index (Phi) is 4.78. The number of anilines is 1. The molecule has 1 saturated heterocycles. The minimum Gasteiger partial charge on any atom is -0.461 e. The van der Waals surface area contributed by atoms with Gasteiger partial charge in [0.05, 0.1) is 19.3 Å². The highest BCUT2D eigenvalue weighted by atomic mass is 16.5. The van der Waals surface area contributed by atoms with Crippen molar-refractivity contribution in [2.24, 2.45) is 5.92 Å². The van der Waals surface area contributed by atoms with Crippen molar-refractivity contribution >= 4 is 11.8 Å². The van der Waals surface area contributed by atoms with Crippen LogP contribution in [0.2, 0.25) is 0 Å². The third-order valence-electron chi connectivity index (χ3n) is 4.28. The molecule has 0 saturated carbocycles. The van der Waals surface area contributed by atoms with Crippen LogP contribution in [0.4, 0.5) is 5.82 Å². The first-order valence-corrected chi connectivity index (χ1v) is 8.35. The smallest absolute Gasteiger partial charge is 0.360 e. The summed E-state index contributed by atoms with van der Waals surface area (Å²) in [5.74, 6) is 1.31. The lowest BCUT2D eigenvalue weighted by Gasteiger charge is -2.18. The number of ether oxygens (including phenoxy) is 1. The predicted octanol–water partition coefficient (Wildman–Crippen LogP) is 2.05. The molecule has 7 nitrogen and oxygen atoms in total. The van der Waals surface area contributed by atoms with Crippen LogP contribution in [0.25, 0.3) is 0 Å². The molecule has 0 spiro atoms. The summed E-state index contributed by atoms with van der Waals surface area (Å²) in [5.41, 5.74) is 2.26. The topological polar surface area (TPSA) is 73.1 Å². The van der Waals surface area contributed by atoms with Gasteiger partial charge in [-0.25, -0.2) is 14.5 Å². The van der Waals surface area contributed by atoms with Crippen molar-refractivity contribution in [1.82, 2.24) is 20.0 Å². The third-order valence-corrected chi connectivity index (χ3v) is 4.28. The molecule has 0 radical (unpaired) electrons. The van der Waals surface area contributed by atoms with E-state index in [-0.39, 0.29) is 5.69 Å². The largest absolute Gasteiger partial charge is 0.461 e. The average molecular weight is 329 g/mol. The Balaban J connectivity index is 1.70. The van der Waals surface area contributed by atoms with Gasteiger partial charge in [0.2, 0.25) is 0 Å². The van der Waals surface area contributed by atoms with Gasteiger partial charge in [-0.1, -0.05) is 18.2 Å². The Labute approximate surface area is 141 Å². The number of hydrogen-bond acceptors (Lipinski definition) is 6. The van der Waals surface area contributed by atoms with Gasteiger partial charge in [0.1, 0.15) is 5.82 Å². The summed E-state index contributed by atoms with van der Waals surface area (Å²) in [7, 11) is 0. The second kappa shape index (κ2) is 6.98. The molecule has 3 heterocycles. The summed E-state index contributed by atoms with van der Waals surface area (Å²) in [5, 5.41) is 7.85. The van der Waals surface area contributed by atoms with E-state index < -0.39 is 5.97 Å². The lowest BCUT2D eigenvalue weighted by atomic mass is 10.2. The molecule has 0 aromatic carbocycles. The monoisotopic (exact) mass is 329 g/mol. The molecule has 1 aliphatic rings. The number of aryl methyl sites for hydroxylation is 1. The number of carbonyl (C=O) groups excluding carboxylic acids is 1. The standard InChI is InChI=1S/C17H23N5O2/c1-4-24-17(23)15-11-22(20-19-15)10-14-5-6-16(18-13(14)3)21-8-7-12(2)9-21/h5-6,11-12H,4,7-10H2,1-3H3. The molecule has 1 fully saturated rings. The Hall–Kier alpha value is -2.44. The maximum atomic E-state index is 11.6. The molecule has 2 aromatic rings. The van der Waals surface area contributed by atoms with Gasteiger partial charge in [-0.3, -0.25) is 0 Å². The molecule has 0 bridgehead atoms. The summed E-state index contributed by atoms with van der Waals surface area (Å²) in [6.45, 7) is 9.03. The average Bonchev–Trinajstić information content (AvgIpc) is 3.19. The molecule has 0 N–H and O–H groups in total. The Morgan fingerprint density at radius 2 is 2.25 bits per heavy atom. The zero-order valence-electron chi connectivity index (χ0n) is 14.4. The molecule has 2 aromatic heterocycles. The van der Waals surface area contributed by atoms with E-state index in [9.17, 15) is 4.79 Å². The molecule has 1 aliphatic heterocycles. The second-order valence-corrected chi connectivity index (χ2v) is 6.28. The SMILES string of the molecule is CCOC(=O)c1cn(Cc2ccc(N3CCC(C)C3)nc2C)nn1. The van der Waals surface area contributed by atoms with Gasteiger partial charge < -0.3 is 9.64 Å². The molecule has 0 aliphatic carbocycles. The Morgan fingerprint density at radius 3 is 2.92 bits per heavy atom. The number of rotatable bonds is 5. The summed E-state index contributed by atoms with van der Waals surface area (Å²) >= 11 is 0. The van der Waals surface area contributed by atoms with E-state index in [0.717, 1.165) is 36.1 Å². The molecule has 7 heteroatoms. The van der Waals surface area contributed by atoms with E-state index in [4.69, 9.17) is 9.72 Å². The molecular formula is C17H23N5O2. The van der Waals surface area contributed by atoms with Crippen LogP contribution in [0.5, 0.6) is 0 Å². The van der Waals surface area contributed by atoms with Gasteiger partial charge in [-0.2, -0.15) is 0 Å². The van der Waals surface area contributed by atoms with Gasteiger partial charge in [0.15, 0.2) is 5.69 Å². The van der Waals surface area contributed by atoms with E-state index in [0.29, 0.717) is 13.2 Å². The highest BCUT2D eigenvalue weighted by Gasteiger charge is 2.20. The van der Waals surface area contributed by atoms with Crippen molar-refractivity contribution in [2.45, 2.75) is 33.7 Å². The fourth-order valence-electron chi connectivity index (χ4n) is 2.91.